The van der Waals surface area contributed by atoms with Crippen LogP contribution in [0, 0.1) is 6.92 Å². The average Bonchev–Trinajstić information content (AvgIpc) is 2.55. The van der Waals surface area contributed by atoms with Gasteiger partial charge in [-0.15, -0.1) is 0 Å². The van der Waals surface area contributed by atoms with Gasteiger partial charge in [-0.2, -0.15) is 0 Å². The molecule has 2 aromatic rings. The summed E-state index contributed by atoms with van der Waals surface area (Å²) in [6.07, 6.45) is 0. The predicted molar refractivity (Wildman–Crippen MR) is 86.9 cm³/mol. The maximum atomic E-state index is 12.5. The molecule has 0 bridgehead atoms. The van der Waals surface area contributed by atoms with Crippen molar-refractivity contribution in [3.63, 3.8) is 0 Å². The zero-order chi connectivity index (χ0) is 17.0. The molecular formula is C17H19NO5. The number of ether oxygens (including phenoxy) is 3. The quantitative estimate of drug-likeness (QED) is 0.829. The molecule has 0 unspecified atom stereocenters. The summed E-state index contributed by atoms with van der Waals surface area (Å²) < 4.78 is 15.7. The molecule has 0 aromatic heterocycles. The highest BCUT2D eigenvalue weighted by Crippen LogP contribution is 2.40. The number of phenolic OH excluding ortho intramolecular Hbond substituents is 1. The van der Waals surface area contributed by atoms with Gasteiger partial charge in [0.25, 0.3) is 5.91 Å². The van der Waals surface area contributed by atoms with Crippen LogP contribution in [0.4, 0.5) is 5.69 Å². The summed E-state index contributed by atoms with van der Waals surface area (Å²) in [6, 6.07) is 8.18. The highest BCUT2D eigenvalue weighted by atomic mass is 16.5. The molecule has 0 heterocycles. The van der Waals surface area contributed by atoms with Gasteiger partial charge in [-0.1, -0.05) is 6.07 Å². The number of benzene rings is 2. The molecular weight excluding hydrogens is 298 g/mol. The van der Waals surface area contributed by atoms with E-state index in [0.29, 0.717) is 17.2 Å². The molecule has 0 radical (unpaired) electrons. The van der Waals surface area contributed by atoms with Crippen LogP contribution in [0.15, 0.2) is 30.3 Å². The Balaban J connectivity index is 2.39. The van der Waals surface area contributed by atoms with Crippen molar-refractivity contribution in [1.82, 2.24) is 0 Å². The van der Waals surface area contributed by atoms with Crippen molar-refractivity contribution < 1.29 is 24.1 Å². The topological polar surface area (TPSA) is 77.0 Å². The second kappa shape index (κ2) is 6.91. The average molecular weight is 317 g/mol. The normalized spacial score (nSPS) is 10.1. The number of aryl methyl sites for hydroxylation is 1. The van der Waals surface area contributed by atoms with Crippen LogP contribution in [-0.2, 0) is 0 Å². The Morgan fingerprint density at radius 1 is 1.00 bits per heavy atom. The van der Waals surface area contributed by atoms with E-state index < -0.39 is 5.91 Å². The Hall–Kier alpha value is -2.89. The molecule has 0 fully saturated rings. The van der Waals surface area contributed by atoms with E-state index in [9.17, 15) is 9.90 Å². The summed E-state index contributed by atoms with van der Waals surface area (Å²) in [7, 11) is 4.41. The molecule has 6 nitrogen and oxygen atoms in total. The number of methoxy groups -OCH3 is 3. The standard InChI is InChI=1S/C17H19NO5/c1-10-5-7-12(13(19)9-10)18-17(20)11-6-8-14(21-2)16(23-4)15(11)22-3/h5-9,19H,1-4H3,(H,18,20). The number of rotatable bonds is 5. The molecule has 2 aromatic carbocycles. The first-order chi connectivity index (χ1) is 11.0. The van der Waals surface area contributed by atoms with Gasteiger partial charge in [0, 0.05) is 0 Å². The van der Waals surface area contributed by atoms with E-state index in [0.717, 1.165) is 5.56 Å². The molecule has 2 N–H and O–H groups in total. The first-order valence-corrected chi connectivity index (χ1v) is 6.91. The third kappa shape index (κ3) is 3.31. The highest BCUT2D eigenvalue weighted by molar-refractivity contribution is 6.07. The van der Waals surface area contributed by atoms with Crippen molar-refractivity contribution in [1.29, 1.82) is 0 Å². The maximum Gasteiger partial charge on any atom is 0.259 e. The van der Waals surface area contributed by atoms with Crippen molar-refractivity contribution in [2.75, 3.05) is 26.6 Å². The van der Waals surface area contributed by atoms with E-state index in [4.69, 9.17) is 14.2 Å². The Kier molecular flexibility index (Phi) is 4.95. The minimum absolute atomic E-state index is 0.00204. The van der Waals surface area contributed by atoms with Crippen LogP contribution in [0.2, 0.25) is 0 Å². The third-order valence-electron chi connectivity index (χ3n) is 3.35. The van der Waals surface area contributed by atoms with Gasteiger partial charge in [-0.05, 0) is 36.8 Å². The molecule has 122 valence electrons. The van der Waals surface area contributed by atoms with Crippen molar-refractivity contribution in [2.45, 2.75) is 6.92 Å². The zero-order valence-electron chi connectivity index (χ0n) is 13.5. The summed E-state index contributed by atoms with van der Waals surface area (Å²) in [5, 5.41) is 12.6. The lowest BCUT2D eigenvalue weighted by molar-refractivity contribution is 0.102. The number of amides is 1. The number of hydrogen-bond donors (Lipinski definition) is 2. The van der Waals surface area contributed by atoms with Crippen LogP contribution in [0.5, 0.6) is 23.0 Å². The fourth-order valence-electron chi connectivity index (χ4n) is 2.22. The number of carbonyl (C=O) groups is 1. The highest BCUT2D eigenvalue weighted by Gasteiger charge is 2.21. The van der Waals surface area contributed by atoms with Crippen LogP contribution in [0.25, 0.3) is 0 Å². The largest absolute Gasteiger partial charge is 0.506 e. The van der Waals surface area contributed by atoms with Crippen LogP contribution < -0.4 is 19.5 Å². The number of anilines is 1. The lowest BCUT2D eigenvalue weighted by Gasteiger charge is -2.15. The van der Waals surface area contributed by atoms with E-state index in [1.54, 1.807) is 30.3 Å². The molecule has 0 atom stereocenters. The minimum Gasteiger partial charge on any atom is -0.506 e. The van der Waals surface area contributed by atoms with Crippen molar-refractivity contribution in [2.24, 2.45) is 0 Å². The lowest BCUT2D eigenvalue weighted by Crippen LogP contribution is -2.14. The molecule has 0 aliphatic heterocycles. The number of hydrogen-bond acceptors (Lipinski definition) is 5. The summed E-state index contributed by atoms with van der Waals surface area (Å²) in [6.45, 7) is 1.85. The van der Waals surface area contributed by atoms with Gasteiger partial charge in [0.05, 0.1) is 32.6 Å². The molecule has 0 saturated carbocycles. The van der Waals surface area contributed by atoms with Gasteiger partial charge in [0.2, 0.25) is 5.75 Å². The summed E-state index contributed by atoms with van der Waals surface area (Å²) in [4.78, 5) is 12.5. The SMILES string of the molecule is COc1ccc(C(=O)Nc2ccc(C)cc2O)c(OC)c1OC. The van der Waals surface area contributed by atoms with E-state index in [-0.39, 0.29) is 17.1 Å². The Morgan fingerprint density at radius 3 is 2.26 bits per heavy atom. The van der Waals surface area contributed by atoms with Crippen molar-refractivity contribution >= 4 is 11.6 Å². The predicted octanol–water partition coefficient (Wildman–Crippen LogP) is 2.98. The van der Waals surface area contributed by atoms with Crippen LogP contribution in [0.1, 0.15) is 15.9 Å². The second-order valence-corrected chi connectivity index (χ2v) is 4.86. The first-order valence-electron chi connectivity index (χ1n) is 6.91. The molecule has 0 aliphatic rings. The zero-order valence-corrected chi connectivity index (χ0v) is 13.5. The van der Waals surface area contributed by atoms with E-state index in [1.165, 1.54) is 21.3 Å². The van der Waals surface area contributed by atoms with Crippen LogP contribution >= 0.6 is 0 Å². The Morgan fingerprint density at radius 2 is 1.70 bits per heavy atom. The maximum absolute atomic E-state index is 12.5. The molecule has 2 rings (SSSR count). The molecule has 0 aliphatic carbocycles. The summed E-state index contributed by atoms with van der Waals surface area (Å²) in [5.41, 5.74) is 1.48. The van der Waals surface area contributed by atoms with E-state index >= 15 is 0 Å². The lowest BCUT2D eigenvalue weighted by atomic mass is 10.1. The molecule has 1 amide bonds. The number of nitrogens with one attached hydrogen (secondary N) is 1. The number of phenols is 1. The smallest absolute Gasteiger partial charge is 0.259 e. The van der Waals surface area contributed by atoms with Crippen LogP contribution in [-0.4, -0.2) is 32.3 Å². The fraction of sp³-hybridized carbons (Fsp3) is 0.235. The Bertz CT molecular complexity index is 727. The summed E-state index contributed by atoms with van der Waals surface area (Å²) in [5.74, 6) is 0.616. The van der Waals surface area contributed by atoms with Gasteiger partial charge < -0.3 is 24.6 Å². The fourth-order valence-corrected chi connectivity index (χ4v) is 2.22. The molecule has 6 heteroatoms. The Labute approximate surface area is 134 Å². The number of carbonyl (C=O) groups excluding carboxylic acids is 1. The van der Waals surface area contributed by atoms with Crippen molar-refractivity contribution in [3.05, 3.63) is 41.5 Å². The van der Waals surface area contributed by atoms with Gasteiger partial charge in [-0.25, -0.2) is 0 Å². The van der Waals surface area contributed by atoms with E-state index in [1.807, 2.05) is 6.92 Å². The molecule has 0 spiro atoms. The van der Waals surface area contributed by atoms with Crippen molar-refractivity contribution in [3.8, 4) is 23.0 Å². The first kappa shape index (κ1) is 16.5. The van der Waals surface area contributed by atoms with Crippen LogP contribution in [0.3, 0.4) is 0 Å². The van der Waals surface area contributed by atoms with Gasteiger partial charge in [0.15, 0.2) is 11.5 Å². The van der Waals surface area contributed by atoms with Gasteiger partial charge >= 0.3 is 0 Å². The molecule has 0 saturated heterocycles. The van der Waals surface area contributed by atoms with Gasteiger partial charge in [-0.3, -0.25) is 4.79 Å². The molecule has 23 heavy (non-hydrogen) atoms. The second-order valence-electron chi connectivity index (χ2n) is 4.86. The van der Waals surface area contributed by atoms with E-state index in [2.05, 4.69) is 5.32 Å². The number of aromatic hydroxyl groups is 1. The summed E-state index contributed by atoms with van der Waals surface area (Å²) >= 11 is 0. The minimum atomic E-state index is -0.429. The third-order valence-corrected chi connectivity index (χ3v) is 3.35. The monoisotopic (exact) mass is 317 g/mol. The van der Waals surface area contributed by atoms with Gasteiger partial charge in [0.1, 0.15) is 5.75 Å².